The molecule has 4 rings (SSSR count). The topological polar surface area (TPSA) is 101 Å². The molecule has 0 saturated carbocycles. The molecule has 1 atom stereocenters. The number of anilines is 1. The van der Waals surface area contributed by atoms with Crippen molar-refractivity contribution in [3.8, 4) is 5.75 Å². The van der Waals surface area contributed by atoms with Crippen LogP contribution in [0.5, 0.6) is 5.75 Å². The number of carbonyl (C=O) groups is 2. The molecule has 1 aromatic heterocycles. The molecule has 172 valence electrons. The first-order valence-electron chi connectivity index (χ1n) is 10.8. The summed E-state index contributed by atoms with van der Waals surface area (Å²) in [5.74, 6) is 0.656. The molecule has 1 saturated heterocycles. The lowest BCUT2D eigenvalue weighted by Gasteiger charge is -2.35. The quantitative estimate of drug-likeness (QED) is 0.552. The minimum absolute atomic E-state index is 0.0421. The van der Waals surface area contributed by atoms with E-state index < -0.39 is 6.10 Å². The smallest absolute Gasteiger partial charge is 0.293 e. The van der Waals surface area contributed by atoms with Crippen molar-refractivity contribution in [1.29, 1.82) is 0 Å². The van der Waals surface area contributed by atoms with Crippen LogP contribution in [0.2, 0.25) is 0 Å². The van der Waals surface area contributed by atoms with E-state index in [4.69, 9.17) is 4.74 Å². The lowest BCUT2D eigenvalue weighted by molar-refractivity contribution is 0.0732. The minimum Gasteiger partial charge on any atom is -0.497 e. The molecule has 1 aliphatic rings. The molecule has 0 spiro atoms. The number of aliphatic hydroxyl groups is 1. The van der Waals surface area contributed by atoms with Gasteiger partial charge in [0.05, 0.1) is 19.8 Å². The van der Waals surface area contributed by atoms with Crippen molar-refractivity contribution >= 4 is 17.4 Å². The number of amides is 1. The summed E-state index contributed by atoms with van der Waals surface area (Å²) in [6, 6.07) is 14.7. The predicted molar refractivity (Wildman–Crippen MR) is 123 cm³/mol. The van der Waals surface area contributed by atoms with Gasteiger partial charge in [-0.25, -0.2) is 9.67 Å². The fraction of sp³-hybridized carbons (Fsp3) is 0.333. The fourth-order valence-electron chi connectivity index (χ4n) is 3.81. The van der Waals surface area contributed by atoms with Crippen molar-refractivity contribution in [3.63, 3.8) is 0 Å². The van der Waals surface area contributed by atoms with Gasteiger partial charge in [0.25, 0.3) is 5.91 Å². The highest BCUT2D eigenvalue weighted by Gasteiger charge is 2.25. The molecule has 0 unspecified atom stereocenters. The van der Waals surface area contributed by atoms with Crippen molar-refractivity contribution in [3.05, 3.63) is 71.8 Å². The number of hydrogen-bond acceptors (Lipinski definition) is 7. The first-order chi connectivity index (χ1) is 15.9. The van der Waals surface area contributed by atoms with E-state index in [2.05, 4.69) is 15.0 Å². The number of benzene rings is 2. The lowest BCUT2D eigenvalue weighted by atomic mass is 10.1. The number of aromatic nitrogens is 3. The number of aliphatic hydroxyl groups excluding tert-OH is 1. The van der Waals surface area contributed by atoms with E-state index in [-0.39, 0.29) is 24.1 Å². The highest BCUT2D eigenvalue weighted by Crippen LogP contribution is 2.20. The lowest BCUT2D eigenvalue weighted by Crippen LogP contribution is -2.49. The van der Waals surface area contributed by atoms with Crippen molar-refractivity contribution in [2.75, 3.05) is 38.2 Å². The van der Waals surface area contributed by atoms with Crippen LogP contribution in [-0.4, -0.2) is 69.8 Å². The number of nitrogens with zero attached hydrogens (tertiary/aromatic N) is 5. The molecule has 1 amide bonds. The van der Waals surface area contributed by atoms with Crippen LogP contribution in [0.3, 0.4) is 0 Å². The molecular formula is C24H27N5O4. The second-order valence-corrected chi connectivity index (χ2v) is 7.96. The third kappa shape index (κ3) is 5.20. The third-order valence-electron chi connectivity index (χ3n) is 5.79. The van der Waals surface area contributed by atoms with Crippen molar-refractivity contribution in [1.82, 2.24) is 19.7 Å². The maximum Gasteiger partial charge on any atom is 0.293 e. The molecule has 1 N–H and O–H groups in total. The van der Waals surface area contributed by atoms with E-state index in [1.807, 2.05) is 24.3 Å². The maximum atomic E-state index is 12.9. The third-order valence-corrected chi connectivity index (χ3v) is 5.79. The van der Waals surface area contributed by atoms with E-state index in [1.54, 1.807) is 43.2 Å². The van der Waals surface area contributed by atoms with Gasteiger partial charge in [-0.1, -0.05) is 12.1 Å². The largest absolute Gasteiger partial charge is 0.497 e. The first kappa shape index (κ1) is 22.5. The van der Waals surface area contributed by atoms with E-state index >= 15 is 0 Å². The molecule has 0 radical (unpaired) electrons. The van der Waals surface area contributed by atoms with Gasteiger partial charge < -0.3 is 19.6 Å². The monoisotopic (exact) mass is 449 g/mol. The van der Waals surface area contributed by atoms with Crippen LogP contribution >= 0.6 is 0 Å². The van der Waals surface area contributed by atoms with Crippen LogP contribution in [0.1, 0.15) is 39.6 Å². The van der Waals surface area contributed by atoms with Gasteiger partial charge in [-0.2, -0.15) is 0 Å². The Morgan fingerprint density at radius 3 is 2.30 bits per heavy atom. The number of carbonyl (C=O) groups excluding carboxylic acids is 2. The van der Waals surface area contributed by atoms with Crippen molar-refractivity contribution < 1.29 is 19.4 Å². The van der Waals surface area contributed by atoms with E-state index in [0.29, 0.717) is 37.5 Å². The van der Waals surface area contributed by atoms with Crippen LogP contribution in [0.15, 0.2) is 54.9 Å². The molecule has 1 aliphatic heterocycles. The molecular weight excluding hydrogens is 422 g/mol. The fourth-order valence-corrected chi connectivity index (χ4v) is 3.81. The number of rotatable bonds is 7. The summed E-state index contributed by atoms with van der Waals surface area (Å²) in [6.07, 6.45) is 0.686. The van der Waals surface area contributed by atoms with Gasteiger partial charge in [-0.3, -0.25) is 9.59 Å². The summed E-state index contributed by atoms with van der Waals surface area (Å²) >= 11 is 0. The summed E-state index contributed by atoms with van der Waals surface area (Å²) in [6.45, 7) is 4.21. The highest BCUT2D eigenvalue weighted by atomic mass is 16.5. The van der Waals surface area contributed by atoms with Gasteiger partial charge in [-0.15, -0.1) is 5.10 Å². The van der Waals surface area contributed by atoms with E-state index in [0.717, 1.165) is 11.3 Å². The number of ketones is 1. The minimum atomic E-state index is -0.779. The second kappa shape index (κ2) is 9.83. The average Bonchev–Trinajstić information content (AvgIpc) is 3.32. The average molecular weight is 450 g/mol. The Hall–Kier alpha value is -3.72. The van der Waals surface area contributed by atoms with Crippen molar-refractivity contribution in [2.24, 2.45) is 0 Å². The molecule has 0 bridgehead atoms. The van der Waals surface area contributed by atoms with E-state index in [9.17, 15) is 14.7 Å². The molecule has 1 fully saturated rings. The Labute approximate surface area is 192 Å². The molecule has 9 heteroatoms. The van der Waals surface area contributed by atoms with Gasteiger partial charge >= 0.3 is 0 Å². The molecule has 33 heavy (non-hydrogen) atoms. The zero-order valence-electron chi connectivity index (χ0n) is 18.7. The zero-order valence-corrected chi connectivity index (χ0v) is 18.7. The number of Topliss-reactive ketones (excluding diaryl/α,β-unsaturated/α-hetero) is 1. The van der Waals surface area contributed by atoms with Crippen LogP contribution in [0.4, 0.5) is 5.69 Å². The Balaban J connectivity index is 1.32. The summed E-state index contributed by atoms with van der Waals surface area (Å²) in [5.41, 5.74) is 2.44. The normalized spacial score (nSPS) is 14.8. The molecule has 9 nitrogen and oxygen atoms in total. The predicted octanol–water partition coefficient (Wildman–Crippen LogP) is 2.19. The van der Waals surface area contributed by atoms with E-state index in [1.165, 1.54) is 11.0 Å². The number of piperazine rings is 1. The Morgan fingerprint density at radius 2 is 1.70 bits per heavy atom. The van der Waals surface area contributed by atoms with Crippen LogP contribution < -0.4 is 9.64 Å². The summed E-state index contributed by atoms with van der Waals surface area (Å²) in [4.78, 5) is 32.4. The standard InChI is InChI=1S/C24H27N5O4/c1-17(30)18-3-7-20(8-4-18)27-11-13-28(14-12-27)24(32)23-25-16-29(26-23)15-22(31)19-5-9-21(33-2)10-6-19/h3-10,16,22,31H,11-15H2,1-2H3/t22-/m0/s1. The van der Waals surface area contributed by atoms with Crippen LogP contribution in [-0.2, 0) is 6.54 Å². The number of hydrogen-bond donors (Lipinski definition) is 1. The SMILES string of the molecule is COc1ccc([C@@H](O)Cn2cnc(C(=O)N3CCN(c4ccc(C(C)=O)cc4)CC3)n2)cc1. The molecule has 2 heterocycles. The van der Waals surface area contributed by atoms with Gasteiger partial charge in [0.1, 0.15) is 12.1 Å². The van der Waals surface area contributed by atoms with Gasteiger partial charge in [0.15, 0.2) is 5.78 Å². The molecule has 2 aromatic carbocycles. The summed E-state index contributed by atoms with van der Waals surface area (Å²) < 4.78 is 6.61. The van der Waals surface area contributed by atoms with Crippen molar-refractivity contribution in [2.45, 2.75) is 19.6 Å². The summed E-state index contributed by atoms with van der Waals surface area (Å²) in [5, 5.41) is 14.7. The van der Waals surface area contributed by atoms with Gasteiger partial charge in [-0.05, 0) is 48.9 Å². The van der Waals surface area contributed by atoms with Crippen LogP contribution in [0, 0.1) is 0 Å². The van der Waals surface area contributed by atoms with Gasteiger partial charge in [0.2, 0.25) is 5.82 Å². The zero-order chi connectivity index (χ0) is 23.4. The van der Waals surface area contributed by atoms with Crippen LogP contribution in [0.25, 0.3) is 0 Å². The number of methoxy groups -OCH3 is 1. The Kier molecular flexibility index (Phi) is 6.69. The maximum absolute atomic E-state index is 12.9. The second-order valence-electron chi connectivity index (χ2n) is 7.96. The molecule has 3 aromatic rings. The Bertz CT molecular complexity index is 1100. The highest BCUT2D eigenvalue weighted by molar-refractivity contribution is 5.94. The first-order valence-corrected chi connectivity index (χ1v) is 10.8. The van der Waals surface area contributed by atoms with Gasteiger partial charge in [0, 0.05) is 37.4 Å². The summed E-state index contributed by atoms with van der Waals surface area (Å²) in [7, 11) is 1.59. The number of ether oxygens (including phenoxy) is 1. The molecule has 0 aliphatic carbocycles. The Morgan fingerprint density at radius 1 is 1.03 bits per heavy atom.